The van der Waals surface area contributed by atoms with E-state index in [0.717, 1.165) is 22.3 Å². The van der Waals surface area contributed by atoms with Gasteiger partial charge in [-0.1, -0.05) is 104 Å². The Labute approximate surface area is 431 Å². The molecule has 11 rings (SSSR count). The number of hydrogen-bond acceptors (Lipinski definition) is 8. The van der Waals surface area contributed by atoms with Crippen LogP contribution in [0.4, 0.5) is 11.4 Å². The van der Waals surface area contributed by atoms with Gasteiger partial charge in [-0.3, -0.25) is 19.2 Å². The molecule has 0 bridgehead atoms. The molecule has 0 saturated heterocycles. The Morgan fingerprint density at radius 1 is 0.392 bits per heavy atom. The van der Waals surface area contributed by atoms with Crippen molar-refractivity contribution in [3.05, 3.63) is 166 Å². The minimum Gasteiger partial charge on any atom is -0.457 e. The van der Waals surface area contributed by atoms with Gasteiger partial charge in [-0.15, -0.1) is 0 Å². The van der Waals surface area contributed by atoms with Crippen LogP contribution in [0.1, 0.15) is 143 Å². The lowest BCUT2D eigenvalue weighted by molar-refractivity contribution is 0.0877. The summed E-state index contributed by atoms with van der Waals surface area (Å²) in [6.45, 7) is 16.2. The largest absolute Gasteiger partial charge is 0.457 e. The van der Waals surface area contributed by atoms with Gasteiger partial charge in [0, 0.05) is 43.4 Å². The molecular formula is C60H50N2O10S2. The van der Waals surface area contributed by atoms with Crippen molar-refractivity contribution < 1.29 is 46.2 Å². The van der Waals surface area contributed by atoms with Crippen molar-refractivity contribution in [1.29, 1.82) is 0 Å². The molecule has 2 N–H and O–H groups in total. The number of imide groups is 2. The highest BCUT2D eigenvalue weighted by molar-refractivity contribution is 7.79. The monoisotopic (exact) mass is 1020 g/mol. The molecule has 2 aliphatic heterocycles. The number of carbonyl (C=O) groups excluding carboxylic acids is 4. The normalized spacial score (nSPS) is 14.6. The first-order chi connectivity index (χ1) is 35.4. The average Bonchev–Trinajstić information content (AvgIpc) is 3.37. The molecular weight excluding hydrogens is 973 g/mol. The summed E-state index contributed by atoms with van der Waals surface area (Å²) in [6, 6.07) is 34.0. The van der Waals surface area contributed by atoms with Crippen LogP contribution < -0.4 is 19.3 Å². The minimum absolute atomic E-state index is 0.0525. The maximum Gasteiger partial charge on any atom is 0.266 e. The zero-order chi connectivity index (χ0) is 52.3. The van der Waals surface area contributed by atoms with Gasteiger partial charge in [-0.05, 0) is 129 Å². The van der Waals surface area contributed by atoms with E-state index in [1.807, 2.05) is 91.8 Å². The van der Waals surface area contributed by atoms with Gasteiger partial charge in [-0.2, -0.15) is 0 Å². The van der Waals surface area contributed by atoms with Crippen molar-refractivity contribution in [3.8, 4) is 23.0 Å². The molecule has 4 amide bonds. The summed E-state index contributed by atoms with van der Waals surface area (Å²) in [7, 11) is 0. The number of amides is 4. The van der Waals surface area contributed by atoms with Crippen molar-refractivity contribution in [3.63, 3.8) is 0 Å². The van der Waals surface area contributed by atoms with E-state index in [2.05, 4.69) is 0 Å². The van der Waals surface area contributed by atoms with E-state index in [1.165, 1.54) is 34.1 Å². The predicted octanol–water partition coefficient (Wildman–Crippen LogP) is 14.6. The molecule has 0 aromatic heterocycles. The lowest BCUT2D eigenvalue weighted by Gasteiger charge is -2.34. The highest BCUT2D eigenvalue weighted by Gasteiger charge is 2.42. The van der Waals surface area contributed by atoms with Crippen LogP contribution in [0.5, 0.6) is 23.0 Å². The van der Waals surface area contributed by atoms with Crippen LogP contribution in [-0.2, 0) is 22.2 Å². The molecule has 9 aromatic rings. The van der Waals surface area contributed by atoms with E-state index in [-0.39, 0.29) is 78.7 Å². The number of carbonyl (C=O) groups is 4. The summed E-state index contributed by atoms with van der Waals surface area (Å²) < 4.78 is 57.6. The van der Waals surface area contributed by atoms with Gasteiger partial charge >= 0.3 is 0 Å². The Bertz CT molecular complexity index is 3650. The first-order valence-electron chi connectivity index (χ1n) is 24.5. The molecule has 0 radical (unpaired) electrons. The van der Waals surface area contributed by atoms with E-state index >= 15 is 19.2 Å². The number of anilines is 2. The zero-order valence-electron chi connectivity index (χ0n) is 41.7. The first kappa shape index (κ1) is 48.6. The number of nitrogens with zero attached hydrogens (tertiary/aromatic N) is 2. The predicted molar refractivity (Wildman–Crippen MR) is 290 cm³/mol. The van der Waals surface area contributed by atoms with Gasteiger partial charge in [0.2, 0.25) is 0 Å². The third-order valence-corrected chi connectivity index (χ3v) is 15.8. The second kappa shape index (κ2) is 18.1. The number of para-hydroxylation sites is 2. The molecule has 2 heterocycles. The summed E-state index contributed by atoms with van der Waals surface area (Å²) in [4.78, 5) is 64.7. The number of fused-ring (bicyclic) bond motifs is 2. The maximum absolute atomic E-state index is 15.6. The van der Waals surface area contributed by atoms with Gasteiger partial charge in [0.15, 0.2) is 22.2 Å². The lowest BCUT2D eigenvalue weighted by atomic mass is 9.80. The number of ether oxygens (including phenoxy) is 2. The summed E-state index contributed by atoms with van der Waals surface area (Å²) in [5.74, 6) is -1.40. The number of rotatable bonds is 12. The van der Waals surface area contributed by atoms with Gasteiger partial charge in [0.05, 0.1) is 32.3 Å². The van der Waals surface area contributed by atoms with Crippen molar-refractivity contribution in [2.45, 2.75) is 88.9 Å². The van der Waals surface area contributed by atoms with Crippen LogP contribution in [0, 0.1) is 0 Å². The van der Waals surface area contributed by atoms with E-state index in [0.29, 0.717) is 54.5 Å². The van der Waals surface area contributed by atoms with Crippen LogP contribution in [0.15, 0.2) is 131 Å². The summed E-state index contributed by atoms with van der Waals surface area (Å²) in [5.41, 5.74) is 5.27. The fourth-order valence-electron chi connectivity index (χ4n) is 11.0. The lowest BCUT2D eigenvalue weighted by Crippen LogP contribution is -2.42. The van der Waals surface area contributed by atoms with Crippen LogP contribution in [-0.4, -0.2) is 41.2 Å². The molecule has 2 unspecified atom stereocenters. The number of hydrogen-bond donors (Lipinski definition) is 2. The topological polar surface area (TPSA) is 168 Å². The molecule has 0 aliphatic carbocycles. The standard InChI is InChI=1S/C60H50N2O10S2/c1-29(2)37-11-9-12-38(30(3)4)55(37)61-57(63)43-25-23-41-52-48(72-34-17-21-36(22-18-34)74(69)70)28-46-50-44(58(64)62(60(46)66)56-39(31(5)6)13-10-14-40(56)32(7)8)26-24-42(54(50)52)51-47(27-45(59(61)65)49(43)53(41)51)71-33-15-19-35(20-16-33)73(67)68/h9-32H,1-8H3,(H,67,68)(H,69,70). The van der Waals surface area contributed by atoms with E-state index in [1.54, 1.807) is 60.7 Å². The highest BCUT2D eigenvalue weighted by atomic mass is 32.2. The summed E-state index contributed by atoms with van der Waals surface area (Å²) in [6.07, 6.45) is 0. The molecule has 0 fully saturated rings. The van der Waals surface area contributed by atoms with E-state index in [9.17, 15) is 17.5 Å². The first-order valence-corrected chi connectivity index (χ1v) is 26.7. The van der Waals surface area contributed by atoms with Gasteiger partial charge in [-0.25, -0.2) is 18.2 Å². The molecule has 14 heteroatoms. The molecule has 2 aliphatic rings. The van der Waals surface area contributed by atoms with Crippen molar-refractivity contribution >= 4 is 100 Å². The third-order valence-electron chi connectivity index (χ3n) is 14.4. The fourth-order valence-corrected chi connectivity index (χ4v) is 11.7. The Balaban J connectivity index is 1.26. The van der Waals surface area contributed by atoms with Crippen molar-refractivity contribution in [1.82, 2.24) is 0 Å². The van der Waals surface area contributed by atoms with Gasteiger partial charge in [0.25, 0.3) is 23.6 Å². The van der Waals surface area contributed by atoms with Gasteiger partial charge in [0.1, 0.15) is 23.0 Å². The smallest absolute Gasteiger partial charge is 0.266 e. The van der Waals surface area contributed by atoms with E-state index in [4.69, 9.17) is 9.47 Å². The average molecular weight is 1020 g/mol. The fraction of sp³-hybridized carbons (Fsp3) is 0.200. The second-order valence-corrected chi connectivity index (χ2v) is 22.1. The minimum atomic E-state index is -2.27. The Hall–Kier alpha value is -7.62. The molecule has 0 spiro atoms. The van der Waals surface area contributed by atoms with E-state index < -0.39 is 45.8 Å². The molecule has 12 nitrogen and oxygen atoms in total. The SMILES string of the molecule is CC(C)c1cccc(C(C)C)c1N1C(=O)c2ccc3c4c(Oc5ccc(S(=O)O)cc5)cc5c6c(ccc(c7c(Oc8ccc(S(=O)O)cc8)cc(c2c37)C1=O)c64)C(=O)N(c1c(C(C)C)cccc1C(C)C)C5=O. The summed E-state index contributed by atoms with van der Waals surface area (Å²) >= 11 is -4.54. The molecule has 74 heavy (non-hydrogen) atoms. The van der Waals surface area contributed by atoms with Crippen LogP contribution in [0.2, 0.25) is 0 Å². The molecule has 2 atom stereocenters. The quantitative estimate of drug-likeness (QED) is 0.0520. The third kappa shape index (κ3) is 7.44. The Morgan fingerprint density at radius 2 is 0.703 bits per heavy atom. The van der Waals surface area contributed by atoms with Crippen molar-refractivity contribution in [2.24, 2.45) is 0 Å². The second-order valence-electron chi connectivity index (χ2n) is 20.1. The van der Waals surface area contributed by atoms with Gasteiger partial charge < -0.3 is 18.6 Å². The summed E-state index contributed by atoms with van der Waals surface area (Å²) in [5, 5.41) is 3.71. The number of benzene rings is 9. The molecule has 0 saturated carbocycles. The molecule has 9 aromatic carbocycles. The van der Waals surface area contributed by atoms with Crippen molar-refractivity contribution in [2.75, 3.05) is 9.80 Å². The van der Waals surface area contributed by atoms with Crippen LogP contribution in [0.3, 0.4) is 0 Å². The highest BCUT2D eigenvalue weighted by Crippen LogP contribution is 2.54. The Kier molecular flexibility index (Phi) is 11.9. The molecule has 372 valence electrons. The maximum atomic E-state index is 15.6. The Morgan fingerprint density at radius 3 is 1.00 bits per heavy atom. The van der Waals surface area contributed by atoms with Crippen LogP contribution >= 0.6 is 0 Å². The zero-order valence-corrected chi connectivity index (χ0v) is 43.4. The van der Waals surface area contributed by atoms with Crippen LogP contribution in [0.25, 0.3) is 43.1 Å².